The number of hydrogen-bond donors (Lipinski definition) is 1. The molecule has 1 unspecified atom stereocenters. The molecule has 0 aliphatic carbocycles. The zero-order valence-corrected chi connectivity index (χ0v) is 13.0. The Morgan fingerprint density at radius 2 is 1.85 bits per heavy atom. The second-order valence-electron chi connectivity index (χ2n) is 5.41. The van der Waals surface area contributed by atoms with E-state index in [1.807, 2.05) is 32.0 Å². The highest BCUT2D eigenvalue weighted by atomic mass is 32.2. The minimum absolute atomic E-state index is 0.475. The van der Waals surface area contributed by atoms with Crippen molar-refractivity contribution in [2.75, 3.05) is 0 Å². The molecule has 1 N–H and O–H groups in total. The maximum absolute atomic E-state index is 12.8. The zero-order valence-electron chi connectivity index (χ0n) is 12.2. The van der Waals surface area contributed by atoms with Gasteiger partial charge in [0.1, 0.15) is 5.60 Å². The van der Waals surface area contributed by atoms with E-state index in [1.165, 1.54) is 6.92 Å². The molecule has 5 heteroatoms. The van der Waals surface area contributed by atoms with Crippen molar-refractivity contribution in [1.29, 1.82) is 0 Å². The summed E-state index contributed by atoms with van der Waals surface area (Å²) in [6, 6.07) is 9.17. The van der Waals surface area contributed by atoms with Gasteiger partial charge in [-0.05, 0) is 38.3 Å². The molecule has 20 heavy (non-hydrogen) atoms. The van der Waals surface area contributed by atoms with E-state index in [1.54, 1.807) is 12.1 Å². The van der Waals surface area contributed by atoms with E-state index in [4.69, 9.17) is 9.78 Å². The minimum Gasteiger partial charge on any atom is -0.363 e. The molecule has 2 rings (SSSR count). The third kappa shape index (κ3) is 2.96. The smallest absolute Gasteiger partial charge is 0.211 e. The summed E-state index contributed by atoms with van der Waals surface area (Å²) < 4.78 is 12.8. The van der Waals surface area contributed by atoms with Gasteiger partial charge < -0.3 is 5.11 Å². The molecule has 0 aromatic heterocycles. The van der Waals surface area contributed by atoms with E-state index >= 15 is 0 Å². The summed E-state index contributed by atoms with van der Waals surface area (Å²) in [5.74, 6) is -1.55. The van der Waals surface area contributed by atoms with Crippen molar-refractivity contribution in [3.05, 3.63) is 30.3 Å². The van der Waals surface area contributed by atoms with E-state index in [0.29, 0.717) is 11.3 Å². The van der Waals surface area contributed by atoms with Crippen LogP contribution in [0.2, 0.25) is 0 Å². The monoisotopic (exact) mass is 298 g/mol. The molecule has 0 saturated carbocycles. The van der Waals surface area contributed by atoms with Crippen LogP contribution in [-0.4, -0.2) is 26.0 Å². The molecule has 1 aliphatic heterocycles. The SMILES string of the molecule is CCC1(CC)C[C@H](S(=O)c2ccccc2)[C@](C)(O)OO1. The van der Waals surface area contributed by atoms with Crippen LogP contribution >= 0.6 is 0 Å². The van der Waals surface area contributed by atoms with Crippen LogP contribution < -0.4 is 0 Å². The number of benzene rings is 1. The number of hydrogen-bond acceptors (Lipinski definition) is 4. The average Bonchev–Trinajstić information content (AvgIpc) is 2.48. The Balaban J connectivity index is 2.29. The van der Waals surface area contributed by atoms with Crippen LogP contribution in [0.1, 0.15) is 40.0 Å². The molecular weight excluding hydrogens is 276 g/mol. The first-order valence-electron chi connectivity index (χ1n) is 6.99. The maximum Gasteiger partial charge on any atom is 0.211 e. The van der Waals surface area contributed by atoms with E-state index in [0.717, 1.165) is 12.8 Å². The van der Waals surface area contributed by atoms with Crippen LogP contribution in [0.15, 0.2) is 35.2 Å². The highest BCUT2D eigenvalue weighted by Gasteiger charge is 2.50. The number of aliphatic hydroxyl groups is 1. The second-order valence-corrected chi connectivity index (χ2v) is 7.05. The average molecular weight is 298 g/mol. The van der Waals surface area contributed by atoms with E-state index in [2.05, 4.69) is 0 Å². The second kappa shape index (κ2) is 5.93. The van der Waals surface area contributed by atoms with E-state index in [9.17, 15) is 9.32 Å². The van der Waals surface area contributed by atoms with Crippen molar-refractivity contribution in [3.8, 4) is 0 Å². The molecule has 1 heterocycles. The molecule has 112 valence electrons. The fraction of sp³-hybridized carbons (Fsp3) is 0.600. The van der Waals surface area contributed by atoms with Gasteiger partial charge in [0, 0.05) is 4.90 Å². The lowest BCUT2D eigenvalue weighted by molar-refractivity contribution is -0.479. The van der Waals surface area contributed by atoms with E-state index < -0.39 is 27.4 Å². The fourth-order valence-corrected chi connectivity index (χ4v) is 4.08. The van der Waals surface area contributed by atoms with Crippen LogP contribution in [0, 0.1) is 0 Å². The van der Waals surface area contributed by atoms with Crippen molar-refractivity contribution in [3.63, 3.8) is 0 Å². The predicted octanol–water partition coefficient (Wildman–Crippen LogP) is 2.78. The Morgan fingerprint density at radius 1 is 1.25 bits per heavy atom. The third-order valence-corrected chi connectivity index (χ3v) is 5.92. The van der Waals surface area contributed by atoms with Crippen molar-refractivity contribution in [2.45, 2.75) is 61.6 Å². The summed E-state index contributed by atoms with van der Waals surface area (Å²) in [4.78, 5) is 11.3. The van der Waals surface area contributed by atoms with Gasteiger partial charge in [-0.1, -0.05) is 32.0 Å². The molecule has 0 radical (unpaired) electrons. The molecule has 0 amide bonds. The van der Waals surface area contributed by atoms with Crippen molar-refractivity contribution < 1.29 is 19.1 Å². The highest BCUT2D eigenvalue weighted by Crippen LogP contribution is 2.40. The lowest BCUT2D eigenvalue weighted by Crippen LogP contribution is -2.55. The molecular formula is C15H22O4S. The van der Waals surface area contributed by atoms with Crippen LogP contribution in [0.25, 0.3) is 0 Å². The Hall–Kier alpha value is -0.750. The zero-order chi connectivity index (χ0) is 14.8. The molecule has 1 aromatic rings. The fourth-order valence-electron chi connectivity index (χ4n) is 2.44. The quantitative estimate of drug-likeness (QED) is 0.868. The van der Waals surface area contributed by atoms with Crippen molar-refractivity contribution in [2.24, 2.45) is 0 Å². The van der Waals surface area contributed by atoms with Crippen LogP contribution in [0.3, 0.4) is 0 Å². The van der Waals surface area contributed by atoms with Crippen LogP contribution in [0.4, 0.5) is 0 Å². The van der Waals surface area contributed by atoms with Gasteiger partial charge in [-0.3, -0.25) is 4.21 Å². The first-order valence-corrected chi connectivity index (χ1v) is 8.20. The van der Waals surface area contributed by atoms with Gasteiger partial charge >= 0.3 is 0 Å². The molecule has 0 bridgehead atoms. The summed E-state index contributed by atoms with van der Waals surface area (Å²) >= 11 is 0. The Morgan fingerprint density at radius 3 is 2.40 bits per heavy atom. The summed E-state index contributed by atoms with van der Waals surface area (Å²) in [5, 5.41) is 9.83. The van der Waals surface area contributed by atoms with Gasteiger partial charge in [0.15, 0.2) is 0 Å². The van der Waals surface area contributed by atoms with Gasteiger partial charge in [0.25, 0.3) is 0 Å². The minimum atomic E-state index is -1.55. The maximum atomic E-state index is 12.8. The summed E-state index contributed by atoms with van der Waals surface area (Å²) in [6.45, 7) is 5.53. The standard InChI is InChI=1S/C15H22O4S/c1-4-15(5-2)11-13(14(3,16)18-19-15)20(17)12-9-7-6-8-10-12/h6-10,13,16H,4-5,11H2,1-3H3/t13-,14+,20?/m0/s1. The Kier molecular flexibility index (Phi) is 4.64. The van der Waals surface area contributed by atoms with E-state index in [-0.39, 0.29) is 0 Å². The molecule has 1 saturated heterocycles. The summed E-state index contributed by atoms with van der Waals surface area (Å²) in [7, 11) is -1.34. The van der Waals surface area contributed by atoms with Gasteiger partial charge in [-0.2, -0.15) is 4.89 Å². The topological polar surface area (TPSA) is 55.8 Å². The van der Waals surface area contributed by atoms with Gasteiger partial charge in [-0.25, -0.2) is 4.89 Å². The summed E-state index contributed by atoms with van der Waals surface area (Å²) in [6.07, 6.45) is 2.01. The third-order valence-electron chi connectivity index (χ3n) is 4.06. The molecule has 1 fully saturated rings. The largest absolute Gasteiger partial charge is 0.363 e. The molecule has 1 aromatic carbocycles. The lowest BCUT2D eigenvalue weighted by Gasteiger charge is -2.44. The van der Waals surface area contributed by atoms with Crippen molar-refractivity contribution in [1.82, 2.24) is 0 Å². The summed E-state index contributed by atoms with van der Waals surface area (Å²) in [5.41, 5.74) is -0.475. The van der Waals surface area contributed by atoms with Crippen molar-refractivity contribution >= 4 is 10.8 Å². The van der Waals surface area contributed by atoms with Crippen LogP contribution in [0.5, 0.6) is 0 Å². The molecule has 1 aliphatic rings. The normalized spacial score (nSPS) is 30.9. The number of rotatable bonds is 4. The van der Waals surface area contributed by atoms with Gasteiger partial charge in [0.2, 0.25) is 5.79 Å². The first kappa shape index (κ1) is 15.6. The van der Waals surface area contributed by atoms with Crippen LogP contribution in [-0.2, 0) is 20.6 Å². The van der Waals surface area contributed by atoms with Gasteiger partial charge in [-0.15, -0.1) is 0 Å². The highest BCUT2D eigenvalue weighted by molar-refractivity contribution is 7.85. The predicted molar refractivity (Wildman–Crippen MR) is 77.4 cm³/mol. The molecule has 3 atom stereocenters. The lowest BCUT2D eigenvalue weighted by atomic mass is 9.89. The van der Waals surface area contributed by atoms with Gasteiger partial charge in [0.05, 0.1) is 16.0 Å². The first-order chi connectivity index (χ1) is 9.44. The molecule has 4 nitrogen and oxygen atoms in total. The Bertz CT molecular complexity index is 468. The Labute approximate surface area is 122 Å². The molecule has 0 spiro atoms.